The quantitative estimate of drug-likeness (QED) is 0.567. The Balaban J connectivity index is 1.54. The zero-order chi connectivity index (χ0) is 17.6. The Labute approximate surface area is 147 Å². The highest BCUT2D eigenvalue weighted by molar-refractivity contribution is 5.90. The number of aryl methyl sites for hydroxylation is 2. The third-order valence-electron chi connectivity index (χ3n) is 3.87. The largest absolute Gasteiger partial charge is 0.483 e. The molecule has 1 amide bonds. The van der Waals surface area contributed by atoms with E-state index in [1.165, 1.54) is 5.39 Å². The Morgan fingerprint density at radius 2 is 1.84 bits per heavy atom. The number of nitrogens with zero attached hydrogens (tertiary/aromatic N) is 1. The molecule has 0 aliphatic rings. The summed E-state index contributed by atoms with van der Waals surface area (Å²) in [4.78, 5) is 11.8. The van der Waals surface area contributed by atoms with E-state index in [2.05, 4.69) is 16.6 Å². The van der Waals surface area contributed by atoms with Crippen LogP contribution < -0.4 is 10.2 Å². The SMILES string of the molecule is Cc1ccc(OCC(=O)NN=Cc2ccc3ccccc3c2)c(C)c1. The molecule has 0 atom stereocenters. The zero-order valence-electron chi connectivity index (χ0n) is 14.3. The summed E-state index contributed by atoms with van der Waals surface area (Å²) < 4.78 is 5.53. The number of hydrogen-bond donors (Lipinski definition) is 1. The lowest BCUT2D eigenvalue weighted by Crippen LogP contribution is -2.24. The van der Waals surface area contributed by atoms with E-state index in [0.717, 1.165) is 22.1 Å². The highest BCUT2D eigenvalue weighted by atomic mass is 16.5. The van der Waals surface area contributed by atoms with Crippen molar-refractivity contribution >= 4 is 22.9 Å². The molecule has 126 valence electrons. The van der Waals surface area contributed by atoms with Gasteiger partial charge < -0.3 is 4.74 Å². The number of rotatable bonds is 5. The second kappa shape index (κ2) is 7.62. The number of amides is 1. The van der Waals surface area contributed by atoms with Crippen molar-refractivity contribution in [2.24, 2.45) is 5.10 Å². The number of hydrogen-bond acceptors (Lipinski definition) is 3. The number of nitrogens with one attached hydrogen (secondary N) is 1. The van der Waals surface area contributed by atoms with E-state index >= 15 is 0 Å². The Hall–Kier alpha value is -3.14. The van der Waals surface area contributed by atoms with Gasteiger partial charge in [-0.1, -0.05) is 54.1 Å². The van der Waals surface area contributed by atoms with Crippen LogP contribution in [0.1, 0.15) is 16.7 Å². The number of carbonyl (C=O) groups excluding carboxylic acids is 1. The van der Waals surface area contributed by atoms with E-state index in [9.17, 15) is 4.79 Å². The molecule has 3 aromatic carbocycles. The van der Waals surface area contributed by atoms with E-state index in [4.69, 9.17) is 4.74 Å². The summed E-state index contributed by atoms with van der Waals surface area (Å²) in [6.07, 6.45) is 1.63. The Morgan fingerprint density at radius 3 is 2.64 bits per heavy atom. The minimum atomic E-state index is -0.294. The average Bonchev–Trinajstić information content (AvgIpc) is 2.61. The summed E-state index contributed by atoms with van der Waals surface area (Å²) in [5, 5.41) is 6.30. The Kier molecular flexibility index (Phi) is 5.09. The van der Waals surface area contributed by atoms with Gasteiger partial charge >= 0.3 is 0 Å². The third-order valence-corrected chi connectivity index (χ3v) is 3.87. The highest BCUT2D eigenvalue weighted by Gasteiger charge is 2.04. The van der Waals surface area contributed by atoms with Crippen molar-refractivity contribution < 1.29 is 9.53 Å². The van der Waals surface area contributed by atoms with Gasteiger partial charge in [0.2, 0.25) is 0 Å². The summed E-state index contributed by atoms with van der Waals surface area (Å²) >= 11 is 0. The molecule has 0 aromatic heterocycles. The van der Waals surface area contributed by atoms with Gasteiger partial charge in [0, 0.05) is 0 Å². The van der Waals surface area contributed by atoms with Crippen molar-refractivity contribution in [1.29, 1.82) is 0 Å². The monoisotopic (exact) mass is 332 g/mol. The molecule has 0 aliphatic heterocycles. The van der Waals surface area contributed by atoms with Crippen molar-refractivity contribution in [2.45, 2.75) is 13.8 Å². The lowest BCUT2D eigenvalue weighted by molar-refractivity contribution is -0.123. The first-order valence-electron chi connectivity index (χ1n) is 8.12. The molecule has 0 heterocycles. The molecule has 0 spiro atoms. The molecular weight excluding hydrogens is 312 g/mol. The van der Waals surface area contributed by atoms with Crippen LogP contribution in [0.2, 0.25) is 0 Å². The van der Waals surface area contributed by atoms with E-state index in [0.29, 0.717) is 5.75 Å². The molecule has 25 heavy (non-hydrogen) atoms. The van der Waals surface area contributed by atoms with Crippen LogP contribution in [0.25, 0.3) is 10.8 Å². The topological polar surface area (TPSA) is 50.7 Å². The average molecular weight is 332 g/mol. The van der Waals surface area contributed by atoms with Crippen molar-refractivity contribution in [3.8, 4) is 5.75 Å². The molecule has 0 aliphatic carbocycles. The van der Waals surface area contributed by atoms with Crippen LogP contribution in [0.3, 0.4) is 0 Å². The zero-order valence-corrected chi connectivity index (χ0v) is 14.3. The van der Waals surface area contributed by atoms with E-state index in [-0.39, 0.29) is 12.5 Å². The summed E-state index contributed by atoms with van der Waals surface area (Å²) in [7, 11) is 0. The lowest BCUT2D eigenvalue weighted by atomic mass is 10.1. The fraction of sp³-hybridized carbons (Fsp3) is 0.143. The number of benzene rings is 3. The van der Waals surface area contributed by atoms with Crippen molar-refractivity contribution in [2.75, 3.05) is 6.61 Å². The van der Waals surface area contributed by atoms with Crippen LogP contribution in [-0.2, 0) is 4.79 Å². The van der Waals surface area contributed by atoms with E-state index < -0.39 is 0 Å². The standard InChI is InChI=1S/C21H20N2O2/c1-15-7-10-20(16(2)11-15)25-14-21(24)23-22-13-17-8-9-18-5-3-4-6-19(18)12-17/h3-13H,14H2,1-2H3,(H,23,24). The van der Waals surface area contributed by atoms with Gasteiger partial charge in [0.15, 0.2) is 6.61 Å². The summed E-state index contributed by atoms with van der Waals surface area (Å²) in [5.41, 5.74) is 5.58. The number of hydrazone groups is 1. The predicted molar refractivity (Wildman–Crippen MR) is 101 cm³/mol. The maximum Gasteiger partial charge on any atom is 0.277 e. The normalized spacial score (nSPS) is 11.0. The van der Waals surface area contributed by atoms with Gasteiger partial charge in [-0.25, -0.2) is 5.43 Å². The van der Waals surface area contributed by atoms with Crippen LogP contribution in [0.4, 0.5) is 0 Å². The molecule has 4 heteroatoms. The first-order chi connectivity index (χ1) is 12.1. The molecule has 3 aromatic rings. The van der Waals surface area contributed by atoms with Crippen molar-refractivity contribution in [1.82, 2.24) is 5.43 Å². The Bertz CT molecular complexity index is 932. The summed E-state index contributed by atoms with van der Waals surface area (Å²) in [5.74, 6) is 0.413. The molecule has 0 saturated heterocycles. The summed E-state index contributed by atoms with van der Waals surface area (Å²) in [6.45, 7) is 3.90. The van der Waals surface area contributed by atoms with Gasteiger partial charge in [-0.05, 0) is 47.9 Å². The molecule has 0 bridgehead atoms. The van der Waals surface area contributed by atoms with Crippen LogP contribution in [0, 0.1) is 13.8 Å². The maximum atomic E-state index is 11.8. The molecule has 0 unspecified atom stereocenters. The van der Waals surface area contributed by atoms with E-state index in [1.807, 2.05) is 68.4 Å². The minimum Gasteiger partial charge on any atom is -0.483 e. The molecule has 0 radical (unpaired) electrons. The van der Waals surface area contributed by atoms with Gasteiger partial charge in [-0.15, -0.1) is 0 Å². The molecule has 3 rings (SSSR count). The number of ether oxygens (including phenoxy) is 1. The lowest BCUT2D eigenvalue weighted by Gasteiger charge is -2.08. The van der Waals surface area contributed by atoms with Gasteiger partial charge in [0.1, 0.15) is 5.75 Å². The maximum absolute atomic E-state index is 11.8. The minimum absolute atomic E-state index is 0.0705. The molecule has 0 fully saturated rings. The molecule has 4 nitrogen and oxygen atoms in total. The van der Waals surface area contributed by atoms with Crippen molar-refractivity contribution in [3.63, 3.8) is 0 Å². The van der Waals surface area contributed by atoms with Gasteiger partial charge in [-0.3, -0.25) is 4.79 Å². The second-order valence-corrected chi connectivity index (χ2v) is 5.96. The second-order valence-electron chi connectivity index (χ2n) is 5.96. The van der Waals surface area contributed by atoms with Crippen LogP contribution in [0.15, 0.2) is 65.8 Å². The molecular formula is C21H20N2O2. The molecule has 1 N–H and O–H groups in total. The summed E-state index contributed by atoms with van der Waals surface area (Å²) in [6, 6.07) is 20.0. The van der Waals surface area contributed by atoms with Gasteiger partial charge in [-0.2, -0.15) is 5.10 Å². The highest BCUT2D eigenvalue weighted by Crippen LogP contribution is 2.18. The number of fused-ring (bicyclic) bond motifs is 1. The fourth-order valence-electron chi connectivity index (χ4n) is 2.60. The van der Waals surface area contributed by atoms with Crippen LogP contribution >= 0.6 is 0 Å². The fourth-order valence-corrected chi connectivity index (χ4v) is 2.60. The first kappa shape index (κ1) is 16.7. The predicted octanol–water partition coefficient (Wildman–Crippen LogP) is 3.99. The molecule has 0 saturated carbocycles. The first-order valence-corrected chi connectivity index (χ1v) is 8.12. The third kappa shape index (κ3) is 4.44. The van der Waals surface area contributed by atoms with Crippen molar-refractivity contribution in [3.05, 3.63) is 77.4 Å². The van der Waals surface area contributed by atoms with Gasteiger partial charge in [0.25, 0.3) is 5.91 Å². The Morgan fingerprint density at radius 1 is 1.04 bits per heavy atom. The van der Waals surface area contributed by atoms with Gasteiger partial charge in [0.05, 0.1) is 6.21 Å². The number of carbonyl (C=O) groups is 1. The van der Waals surface area contributed by atoms with E-state index in [1.54, 1.807) is 6.21 Å². The van der Waals surface area contributed by atoms with Crippen LogP contribution in [0.5, 0.6) is 5.75 Å². The van der Waals surface area contributed by atoms with Crippen LogP contribution in [-0.4, -0.2) is 18.7 Å². The smallest absolute Gasteiger partial charge is 0.277 e.